The van der Waals surface area contributed by atoms with E-state index in [0.717, 1.165) is 25.1 Å². The fraction of sp³-hybridized carbons (Fsp3) is 0.571. The van der Waals surface area contributed by atoms with Gasteiger partial charge in [-0.3, -0.25) is 0 Å². The maximum absolute atomic E-state index is 13.4. The van der Waals surface area contributed by atoms with Gasteiger partial charge in [0.2, 0.25) is 0 Å². The molecule has 17 heavy (non-hydrogen) atoms. The number of halogens is 1. The second-order valence-corrected chi connectivity index (χ2v) is 4.81. The molecule has 1 saturated heterocycles. The van der Waals surface area contributed by atoms with Crippen molar-refractivity contribution in [2.45, 2.75) is 26.2 Å². The summed E-state index contributed by atoms with van der Waals surface area (Å²) < 4.78 is 18.7. The van der Waals surface area contributed by atoms with Crippen molar-refractivity contribution in [2.75, 3.05) is 20.2 Å². The zero-order valence-corrected chi connectivity index (χ0v) is 10.6. The summed E-state index contributed by atoms with van der Waals surface area (Å²) in [5.74, 6) is 1.19. The van der Waals surface area contributed by atoms with Gasteiger partial charge >= 0.3 is 0 Å². The predicted molar refractivity (Wildman–Crippen MR) is 67.0 cm³/mol. The Balaban J connectivity index is 2.15. The molecule has 0 saturated carbocycles. The molecule has 1 aliphatic rings. The number of ether oxygens (including phenoxy) is 1. The quantitative estimate of drug-likeness (QED) is 0.872. The van der Waals surface area contributed by atoms with E-state index < -0.39 is 0 Å². The minimum Gasteiger partial charge on any atom is -0.496 e. The third-order valence-corrected chi connectivity index (χ3v) is 3.53. The van der Waals surface area contributed by atoms with Crippen molar-refractivity contribution < 1.29 is 9.13 Å². The summed E-state index contributed by atoms with van der Waals surface area (Å²) in [5.41, 5.74) is 1.84. The molecule has 0 atom stereocenters. The molecule has 0 amide bonds. The first-order valence-corrected chi connectivity index (χ1v) is 6.24. The highest BCUT2D eigenvalue weighted by atomic mass is 19.1. The number of methoxy groups -OCH3 is 1. The summed E-state index contributed by atoms with van der Waals surface area (Å²) in [5, 5.41) is 3.36. The van der Waals surface area contributed by atoms with Crippen molar-refractivity contribution in [3.63, 3.8) is 0 Å². The fourth-order valence-corrected chi connectivity index (χ4v) is 2.47. The van der Waals surface area contributed by atoms with Gasteiger partial charge < -0.3 is 10.1 Å². The summed E-state index contributed by atoms with van der Waals surface area (Å²) in [6, 6.07) is 3.43. The molecule has 1 aromatic rings. The van der Waals surface area contributed by atoms with E-state index >= 15 is 0 Å². The van der Waals surface area contributed by atoms with Crippen LogP contribution in [-0.2, 0) is 6.42 Å². The monoisotopic (exact) mass is 237 g/mol. The zero-order chi connectivity index (χ0) is 12.3. The molecule has 2 rings (SSSR count). The van der Waals surface area contributed by atoms with Crippen LogP contribution in [0, 0.1) is 18.7 Å². The van der Waals surface area contributed by atoms with Crippen molar-refractivity contribution in [3.8, 4) is 5.75 Å². The molecule has 0 bridgehead atoms. The van der Waals surface area contributed by atoms with Crippen molar-refractivity contribution in [3.05, 3.63) is 29.1 Å². The SMILES string of the molecule is COc1cc(F)c(C)cc1CC1CCNCC1. The fourth-order valence-electron chi connectivity index (χ4n) is 2.47. The third kappa shape index (κ3) is 2.97. The van der Waals surface area contributed by atoms with Crippen molar-refractivity contribution in [1.29, 1.82) is 0 Å². The van der Waals surface area contributed by atoms with Gasteiger partial charge in [0, 0.05) is 6.07 Å². The van der Waals surface area contributed by atoms with E-state index in [2.05, 4.69) is 5.32 Å². The number of aryl methyl sites for hydroxylation is 1. The van der Waals surface area contributed by atoms with Gasteiger partial charge in [0.05, 0.1) is 7.11 Å². The van der Waals surface area contributed by atoms with Crippen LogP contribution in [0.3, 0.4) is 0 Å². The molecule has 1 heterocycles. The van der Waals surface area contributed by atoms with Crippen molar-refractivity contribution >= 4 is 0 Å². The minimum atomic E-state index is -0.184. The number of nitrogens with one attached hydrogen (secondary N) is 1. The van der Waals surface area contributed by atoms with E-state index in [1.165, 1.54) is 18.9 Å². The molecule has 0 aliphatic carbocycles. The summed E-state index contributed by atoms with van der Waals surface area (Å²) in [6.45, 7) is 3.99. The molecule has 0 unspecified atom stereocenters. The van der Waals surface area contributed by atoms with Crippen LogP contribution >= 0.6 is 0 Å². The summed E-state index contributed by atoms with van der Waals surface area (Å²) in [7, 11) is 1.61. The van der Waals surface area contributed by atoms with Crippen LogP contribution in [0.15, 0.2) is 12.1 Å². The Bertz CT molecular complexity index is 386. The van der Waals surface area contributed by atoms with Crippen LogP contribution in [0.4, 0.5) is 4.39 Å². The lowest BCUT2D eigenvalue weighted by molar-refractivity contribution is 0.360. The van der Waals surface area contributed by atoms with E-state index in [-0.39, 0.29) is 5.82 Å². The van der Waals surface area contributed by atoms with Crippen LogP contribution in [-0.4, -0.2) is 20.2 Å². The van der Waals surface area contributed by atoms with E-state index in [1.807, 2.05) is 6.07 Å². The largest absolute Gasteiger partial charge is 0.496 e. The van der Waals surface area contributed by atoms with Gasteiger partial charge in [-0.15, -0.1) is 0 Å². The third-order valence-electron chi connectivity index (χ3n) is 3.53. The van der Waals surface area contributed by atoms with Crippen LogP contribution < -0.4 is 10.1 Å². The highest BCUT2D eigenvalue weighted by Crippen LogP contribution is 2.27. The zero-order valence-electron chi connectivity index (χ0n) is 10.6. The Morgan fingerprint density at radius 2 is 2.06 bits per heavy atom. The molecule has 1 fully saturated rings. The molecular formula is C14H20FNO. The Morgan fingerprint density at radius 3 is 2.71 bits per heavy atom. The second kappa shape index (κ2) is 5.50. The highest BCUT2D eigenvalue weighted by molar-refractivity contribution is 5.38. The lowest BCUT2D eigenvalue weighted by atomic mass is 9.90. The molecule has 1 N–H and O–H groups in total. The van der Waals surface area contributed by atoms with Crippen LogP contribution in [0.5, 0.6) is 5.75 Å². The number of benzene rings is 1. The van der Waals surface area contributed by atoms with Gasteiger partial charge in [-0.2, -0.15) is 0 Å². The summed E-state index contributed by atoms with van der Waals surface area (Å²) in [6.07, 6.45) is 3.38. The Hall–Kier alpha value is -1.09. The maximum Gasteiger partial charge on any atom is 0.129 e. The van der Waals surface area contributed by atoms with Crippen LogP contribution in [0.25, 0.3) is 0 Å². The van der Waals surface area contributed by atoms with E-state index in [1.54, 1.807) is 14.0 Å². The molecule has 0 aromatic heterocycles. The first-order valence-electron chi connectivity index (χ1n) is 6.24. The summed E-state index contributed by atoms with van der Waals surface area (Å²) in [4.78, 5) is 0. The van der Waals surface area contributed by atoms with Gasteiger partial charge in [0.25, 0.3) is 0 Å². The van der Waals surface area contributed by atoms with Crippen molar-refractivity contribution in [2.24, 2.45) is 5.92 Å². The van der Waals surface area contributed by atoms with Gasteiger partial charge in [-0.05, 0) is 62.4 Å². The second-order valence-electron chi connectivity index (χ2n) is 4.81. The number of hydrogen-bond donors (Lipinski definition) is 1. The van der Waals surface area contributed by atoms with Gasteiger partial charge in [-0.1, -0.05) is 0 Å². The van der Waals surface area contributed by atoms with Gasteiger partial charge in [0.15, 0.2) is 0 Å². The number of piperidine rings is 1. The molecule has 2 nitrogen and oxygen atoms in total. The summed E-state index contributed by atoms with van der Waals surface area (Å²) >= 11 is 0. The standard InChI is InChI=1S/C14H20FNO/c1-10-7-12(14(17-2)9-13(10)15)8-11-3-5-16-6-4-11/h7,9,11,16H,3-6,8H2,1-2H3. The smallest absolute Gasteiger partial charge is 0.129 e. The lowest BCUT2D eigenvalue weighted by Crippen LogP contribution is -2.28. The van der Waals surface area contributed by atoms with Crippen LogP contribution in [0.1, 0.15) is 24.0 Å². The molecule has 1 aliphatic heterocycles. The average Bonchev–Trinajstić information content (AvgIpc) is 2.35. The molecule has 0 radical (unpaired) electrons. The van der Waals surface area contributed by atoms with Crippen LogP contribution in [0.2, 0.25) is 0 Å². The predicted octanol–water partition coefficient (Wildman–Crippen LogP) is 2.68. The highest BCUT2D eigenvalue weighted by Gasteiger charge is 2.16. The molecule has 3 heteroatoms. The molecular weight excluding hydrogens is 217 g/mol. The Labute approximate surface area is 102 Å². The topological polar surface area (TPSA) is 21.3 Å². The molecule has 94 valence electrons. The van der Waals surface area contributed by atoms with Gasteiger partial charge in [0.1, 0.15) is 11.6 Å². The van der Waals surface area contributed by atoms with E-state index in [0.29, 0.717) is 17.2 Å². The molecule has 1 aromatic carbocycles. The van der Waals surface area contributed by atoms with Gasteiger partial charge in [-0.25, -0.2) is 4.39 Å². The van der Waals surface area contributed by atoms with Crippen molar-refractivity contribution in [1.82, 2.24) is 5.32 Å². The average molecular weight is 237 g/mol. The number of rotatable bonds is 3. The lowest BCUT2D eigenvalue weighted by Gasteiger charge is -2.23. The number of hydrogen-bond acceptors (Lipinski definition) is 2. The normalized spacial score (nSPS) is 17.1. The van der Waals surface area contributed by atoms with E-state index in [4.69, 9.17) is 4.74 Å². The Morgan fingerprint density at radius 1 is 1.35 bits per heavy atom. The Kier molecular flexibility index (Phi) is 4.00. The first-order chi connectivity index (χ1) is 8.20. The molecule has 0 spiro atoms. The first kappa shape index (κ1) is 12.4. The van der Waals surface area contributed by atoms with E-state index in [9.17, 15) is 4.39 Å². The minimum absolute atomic E-state index is 0.184. The maximum atomic E-state index is 13.4.